The van der Waals surface area contributed by atoms with Crippen LogP contribution in [0.15, 0.2) is 48.5 Å². The van der Waals surface area contributed by atoms with Crippen LogP contribution in [0, 0.1) is 0 Å². The molecule has 24 heavy (non-hydrogen) atoms. The van der Waals surface area contributed by atoms with E-state index >= 15 is 0 Å². The molecule has 1 amide bonds. The molecule has 0 aliphatic carbocycles. The number of rotatable bonds is 8. The van der Waals surface area contributed by atoms with Gasteiger partial charge in [-0.1, -0.05) is 23.7 Å². The summed E-state index contributed by atoms with van der Waals surface area (Å²) in [4.78, 5) is 24.3. The summed E-state index contributed by atoms with van der Waals surface area (Å²) in [6.07, 6.45) is 0.731. The van der Waals surface area contributed by atoms with E-state index in [4.69, 9.17) is 21.1 Å². The average Bonchev–Trinajstić information content (AvgIpc) is 2.61. The largest absolute Gasteiger partial charge is 0.492 e. The summed E-state index contributed by atoms with van der Waals surface area (Å²) in [5.41, 5.74) is 0.504. The van der Waals surface area contributed by atoms with Gasteiger partial charge in [-0.15, -0.1) is 0 Å². The Hall–Kier alpha value is -2.53. The molecule has 0 aromatic heterocycles. The minimum atomic E-state index is -0.175. The predicted octanol–water partition coefficient (Wildman–Crippen LogP) is 3.07. The SMILES string of the molecule is CN(CCOc1ccc(Cl)cc1)C(=O)COc1cccc(C=O)c1. The number of benzene rings is 2. The first-order valence-corrected chi connectivity index (χ1v) is 7.76. The molecule has 0 radical (unpaired) electrons. The van der Waals surface area contributed by atoms with Gasteiger partial charge in [0.05, 0.1) is 6.54 Å². The highest BCUT2D eigenvalue weighted by atomic mass is 35.5. The van der Waals surface area contributed by atoms with Crippen LogP contribution >= 0.6 is 11.6 Å². The Kier molecular flexibility index (Phi) is 6.63. The third-order valence-corrected chi connectivity index (χ3v) is 3.54. The van der Waals surface area contributed by atoms with Crippen molar-refractivity contribution in [3.8, 4) is 11.5 Å². The molecule has 0 bridgehead atoms. The standard InChI is InChI=1S/C18H18ClNO4/c1-20(9-10-23-16-7-5-15(19)6-8-16)18(22)13-24-17-4-2-3-14(11-17)12-21/h2-8,11-12H,9-10,13H2,1H3. The average molecular weight is 348 g/mol. The van der Waals surface area contributed by atoms with Gasteiger partial charge in [0.1, 0.15) is 24.4 Å². The first kappa shape index (κ1) is 17.8. The van der Waals surface area contributed by atoms with E-state index in [0.717, 1.165) is 6.29 Å². The fourth-order valence-electron chi connectivity index (χ4n) is 1.89. The lowest BCUT2D eigenvalue weighted by Crippen LogP contribution is -2.34. The van der Waals surface area contributed by atoms with Crippen LogP contribution in [0.1, 0.15) is 10.4 Å². The van der Waals surface area contributed by atoms with Crippen LogP contribution < -0.4 is 9.47 Å². The second kappa shape index (κ2) is 8.93. The van der Waals surface area contributed by atoms with Crippen LogP contribution in [-0.2, 0) is 4.79 Å². The highest BCUT2D eigenvalue weighted by molar-refractivity contribution is 6.30. The quantitative estimate of drug-likeness (QED) is 0.689. The fourth-order valence-corrected chi connectivity index (χ4v) is 2.01. The molecule has 0 unspecified atom stereocenters. The van der Waals surface area contributed by atoms with Gasteiger partial charge in [0, 0.05) is 17.6 Å². The number of amides is 1. The maximum absolute atomic E-state index is 12.0. The number of hydrogen-bond acceptors (Lipinski definition) is 4. The van der Waals surface area contributed by atoms with Crippen LogP contribution in [-0.4, -0.2) is 43.9 Å². The van der Waals surface area contributed by atoms with Crippen molar-refractivity contribution in [2.24, 2.45) is 0 Å². The third-order valence-electron chi connectivity index (χ3n) is 3.29. The zero-order valence-electron chi connectivity index (χ0n) is 13.3. The monoisotopic (exact) mass is 347 g/mol. The molecule has 2 aromatic carbocycles. The third kappa shape index (κ3) is 5.59. The molecule has 0 spiro atoms. The molecule has 126 valence electrons. The first-order chi connectivity index (χ1) is 11.6. The van der Waals surface area contributed by atoms with E-state index in [0.29, 0.717) is 35.2 Å². The van der Waals surface area contributed by atoms with Crippen molar-refractivity contribution in [1.29, 1.82) is 0 Å². The van der Waals surface area contributed by atoms with Gasteiger partial charge in [0.2, 0.25) is 0 Å². The normalized spacial score (nSPS) is 10.1. The van der Waals surface area contributed by atoms with Crippen molar-refractivity contribution in [2.45, 2.75) is 0 Å². The van der Waals surface area contributed by atoms with Gasteiger partial charge in [0.25, 0.3) is 5.91 Å². The van der Waals surface area contributed by atoms with E-state index in [1.165, 1.54) is 4.90 Å². The number of carbonyl (C=O) groups is 2. The van der Waals surface area contributed by atoms with Gasteiger partial charge in [-0.25, -0.2) is 0 Å². The summed E-state index contributed by atoms with van der Waals surface area (Å²) >= 11 is 5.80. The molecule has 0 aliphatic rings. The molecular formula is C18H18ClNO4. The summed E-state index contributed by atoms with van der Waals surface area (Å²) in [5.74, 6) is 1.01. The summed E-state index contributed by atoms with van der Waals surface area (Å²) in [6, 6.07) is 13.7. The molecule has 0 heterocycles. The number of ether oxygens (including phenoxy) is 2. The van der Waals surface area contributed by atoms with Crippen LogP contribution in [0.4, 0.5) is 0 Å². The number of nitrogens with zero attached hydrogens (tertiary/aromatic N) is 1. The van der Waals surface area contributed by atoms with E-state index in [9.17, 15) is 9.59 Å². The minimum Gasteiger partial charge on any atom is -0.492 e. The maximum Gasteiger partial charge on any atom is 0.260 e. The van der Waals surface area contributed by atoms with E-state index in [2.05, 4.69) is 0 Å². The van der Waals surface area contributed by atoms with Crippen LogP contribution in [0.25, 0.3) is 0 Å². The maximum atomic E-state index is 12.0. The second-order valence-electron chi connectivity index (χ2n) is 5.10. The number of likely N-dealkylation sites (N-methyl/N-ethyl adjacent to an activating group) is 1. The van der Waals surface area contributed by atoms with Gasteiger partial charge in [0.15, 0.2) is 6.61 Å². The Morgan fingerprint density at radius 3 is 2.58 bits per heavy atom. The number of aldehydes is 1. The van der Waals surface area contributed by atoms with Crippen molar-refractivity contribution < 1.29 is 19.1 Å². The Balaban J connectivity index is 1.73. The molecule has 0 saturated heterocycles. The fraction of sp³-hybridized carbons (Fsp3) is 0.222. The second-order valence-corrected chi connectivity index (χ2v) is 5.53. The Morgan fingerprint density at radius 2 is 1.88 bits per heavy atom. The Labute approximate surface area is 145 Å². The highest BCUT2D eigenvalue weighted by Crippen LogP contribution is 2.15. The Morgan fingerprint density at radius 1 is 1.12 bits per heavy atom. The molecule has 0 atom stereocenters. The molecule has 6 heteroatoms. The predicted molar refractivity (Wildman–Crippen MR) is 91.9 cm³/mol. The summed E-state index contributed by atoms with van der Waals surface area (Å²) in [6.45, 7) is 0.698. The van der Waals surface area contributed by atoms with Crippen molar-refractivity contribution in [3.05, 3.63) is 59.1 Å². The van der Waals surface area contributed by atoms with E-state index < -0.39 is 0 Å². The van der Waals surface area contributed by atoms with Gasteiger partial charge in [-0.05, 0) is 36.4 Å². The minimum absolute atomic E-state index is 0.0975. The van der Waals surface area contributed by atoms with Crippen molar-refractivity contribution in [1.82, 2.24) is 4.90 Å². The Bertz CT molecular complexity index is 688. The molecule has 0 saturated carbocycles. The topological polar surface area (TPSA) is 55.8 Å². The molecule has 0 N–H and O–H groups in total. The lowest BCUT2D eigenvalue weighted by Gasteiger charge is -2.18. The first-order valence-electron chi connectivity index (χ1n) is 7.39. The van der Waals surface area contributed by atoms with Crippen LogP contribution in [0.3, 0.4) is 0 Å². The van der Waals surface area contributed by atoms with Crippen molar-refractivity contribution >= 4 is 23.8 Å². The molecule has 2 aromatic rings. The van der Waals surface area contributed by atoms with Gasteiger partial charge in [-0.3, -0.25) is 9.59 Å². The molecule has 5 nitrogen and oxygen atoms in total. The molecular weight excluding hydrogens is 330 g/mol. The number of hydrogen-bond donors (Lipinski definition) is 0. The van der Waals surface area contributed by atoms with Crippen LogP contribution in [0.2, 0.25) is 5.02 Å². The van der Waals surface area contributed by atoms with Gasteiger partial charge >= 0.3 is 0 Å². The number of halogens is 1. The molecule has 0 aliphatic heterocycles. The smallest absolute Gasteiger partial charge is 0.260 e. The molecule has 0 fully saturated rings. The van der Waals surface area contributed by atoms with Crippen LogP contribution in [0.5, 0.6) is 11.5 Å². The summed E-state index contributed by atoms with van der Waals surface area (Å²) < 4.78 is 10.9. The summed E-state index contributed by atoms with van der Waals surface area (Å²) in [7, 11) is 1.68. The van der Waals surface area contributed by atoms with Crippen molar-refractivity contribution in [2.75, 3.05) is 26.8 Å². The number of carbonyl (C=O) groups excluding carboxylic acids is 2. The van der Waals surface area contributed by atoms with Crippen molar-refractivity contribution in [3.63, 3.8) is 0 Å². The lowest BCUT2D eigenvalue weighted by molar-refractivity contribution is -0.132. The zero-order chi connectivity index (χ0) is 17.4. The van der Waals surface area contributed by atoms with E-state index in [1.54, 1.807) is 55.6 Å². The zero-order valence-corrected chi connectivity index (χ0v) is 14.0. The van der Waals surface area contributed by atoms with E-state index in [-0.39, 0.29) is 12.5 Å². The van der Waals surface area contributed by atoms with Gasteiger partial charge in [-0.2, -0.15) is 0 Å². The highest BCUT2D eigenvalue weighted by Gasteiger charge is 2.10. The van der Waals surface area contributed by atoms with Gasteiger partial charge < -0.3 is 14.4 Å². The van der Waals surface area contributed by atoms with E-state index in [1.807, 2.05) is 0 Å². The molecule has 2 rings (SSSR count). The summed E-state index contributed by atoms with van der Waals surface area (Å²) in [5, 5.41) is 0.644. The lowest BCUT2D eigenvalue weighted by atomic mass is 10.2.